The van der Waals surface area contributed by atoms with E-state index in [4.69, 9.17) is 4.74 Å². The molecule has 1 atom stereocenters. The number of esters is 1. The van der Waals surface area contributed by atoms with Crippen LogP contribution in [0.15, 0.2) is 35.4 Å². The minimum atomic E-state index is -0.953. The molecular formula is C23H23N3O3S. The number of aromatic nitrogens is 1. The van der Waals surface area contributed by atoms with E-state index < -0.39 is 12.1 Å². The Kier molecular flexibility index (Phi) is 5.78. The molecule has 1 aromatic heterocycles. The number of fused-ring (bicyclic) bond motifs is 1. The lowest BCUT2D eigenvalue weighted by atomic mass is 10.0. The van der Waals surface area contributed by atoms with E-state index >= 15 is 0 Å². The number of amides is 1. The monoisotopic (exact) mass is 421 g/mol. The summed E-state index contributed by atoms with van der Waals surface area (Å²) >= 11 is 1.33. The van der Waals surface area contributed by atoms with Crippen LogP contribution in [0, 0.1) is 11.3 Å². The fraction of sp³-hybridized carbons (Fsp3) is 0.391. The number of hydrogen-bond donors (Lipinski definition) is 0. The highest BCUT2D eigenvalue weighted by Crippen LogP contribution is 2.40. The maximum absolute atomic E-state index is 13.1. The Morgan fingerprint density at radius 1 is 1.33 bits per heavy atom. The van der Waals surface area contributed by atoms with Crippen LogP contribution >= 0.6 is 11.8 Å². The largest absolute Gasteiger partial charge is 0.449 e. The highest BCUT2D eigenvalue weighted by Gasteiger charge is 2.32. The van der Waals surface area contributed by atoms with Crippen molar-refractivity contribution in [1.29, 1.82) is 5.26 Å². The molecule has 1 fully saturated rings. The van der Waals surface area contributed by atoms with Crippen molar-refractivity contribution in [2.24, 2.45) is 0 Å². The van der Waals surface area contributed by atoms with Crippen LogP contribution < -0.4 is 4.90 Å². The molecule has 0 N–H and O–H groups in total. The Morgan fingerprint density at radius 3 is 2.80 bits per heavy atom. The van der Waals surface area contributed by atoms with Gasteiger partial charge in [0, 0.05) is 23.8 Å². The summed E-state index contributed by atoms with van der Waals surface area (Å²) < 4.78 is 5.55. The van der Waals surface area contributed by atoms with Crippen LogP contribution in [0.5, 0.6) is 0 Å². The van der Waals surface area contributed by atoms with E-state index in [0.717, 1.165) is 42.6 Å². The van der Waals surface area contributed by atoms with Crippen LogP contribution in [0.25, 0.3) is 0 Å². The molecule has 6 nitrogen and oxygen atoms in total. The molecule has 1 saturated carbocycles. The van der Waals surface area contributed by atoms with Gasteiger partial charge in [-0.05, 0) is 56.6 Å². The number of pyridine rings is 1. The van der Waals surface area contributed by atoms with E-state index in [0.29, 0.717) is 17.5 Å². The number of benzene rings is 1. The predicted molar refractivity (Wildman–Crippen MR) is 115 cm³/mol. The standard InChI is InChI=1S/C23H23N3O3S/c1-14(22(27)26-11-5-7-16-6-3-4-8-20(16)26)29-23(28)17-12-19(15-9-10-15)25-21(30-2)18(17)13-24/h3-4,6,8,12,14-15H,5,7,9-11H2,1-2H3/t14-/m0/s1. The molecule has 2 heterocycles. The maximum atomic E-state index is 13.1. The molecule has 154 valence electrons. The second kappa shape index (κ2) is 8.49. The number of para-hydroxylation sites is 1. The molecule has 1 aromatic carbocycles. The quantitative estimate of drug-likeness (QED) is 0.534. The van der Waals surface area contributed by atoms with Gasteiger partial charge in [-0.25, -0.2) is 9.78 Å². The van der Waals surface area contributed by atoms with Crippen molar-refractivity contribution in [3.63, 3.8) is 0 Å². The molecule has 0 unspecified atom stereocenters. The summed E-state index contributed by atoms with van der Waals surface area (Å²) in [6.07, 6.45) is 4.74. The molecule has 0 saturated heterocycles. The summed E-state index contributed by atoms with van der Waals surface area (Å²) in [7, 11) is 0. The van der Waals surface area contributed by atoms with E-state index in [-0.39, 0.29) is 17.0 Å². The van der Waals surface area contributed by atoms with E-state index in [1.54, 1.807) is 17.9 Å². The normalized spacial score (nSPS) is 16.4. The number of hydrogen-bond acceptors (Lipinski definition) is 6. The van der Waals surface area contributed by atoms with Gasteiger partial charge in [-0.1, -0.05) is 18.2 Å². The van der Waals surface area contributed by atoms with E-state index in [1.165, 1.54) is 11.8 Å². The number of carbonyl (C=O) groups is 2. The van der Waals surface area contributed by atoms with Crippen LogP contribution in [0.2, 0.25) is 0 Å². The molecule has 0 spiro atoms. The first kappa shape index (κ1) is 20.4. The smallest absolute Gasteiger partial charge is 0.340 e. The Bertz CT molecular complexity index is 1040. The van der Waals surface area contributed by atoms with E-state index in [9.17, 15) is 14.9 Å². The predicted octanol–water partition coefficient (Wildman–Crippen LogP) is 4.08. The zero-order valence-corrected chi connectivity index (χ0v) is 17.9. The van der Waals surface area contributed by atoms with Crippen LogP contribution in [0.1, 0.15) is 59.3 Å². The SMILES string of the molecule is CSc1nc(C2CC2)cc(C(=O)O[C@@H](C)C(=O)N2CCCc3ccccc32)c1C#N. The summed E-state index contributed by atoms with van der Waals surface area (Å²) in [5.41, 5.74) is 3.21. The number of nitriles is 1. The van der Waals surface area contributed by atoms with Crippen LogP contribution in [0.4, 0.5) is 5.69 Å². The first-order valence-electron chi connectivity index (χ1n) is 10.1. The van der Waals surface area contributed by atoms with Gasteiger partial charge >= 0.3 is 5.97 Å². The highest BCUT2D eigenvalue weighted by atomic mass is 32.2. The van der Waals surface area contributed by atoms with Gasteiger partial charge in [0.1, 0.15) is 11.1 Å². The van der Waals surface area contributed by atoms with Crippen molar-refractivity contribution in [2.75, 3.05) is 17.7 Å². The minimum Gasteiger partial charge on any atom is -0.449 e. The summed E-state index contributed by atoms with van der Waals surface area (Å²) in [5, 5.41) is 10.1. The summed E-state index contributed by atoms with van der Waals surface area (Å²) in [4.78, 5) is 32.2. The number of carbonyl (C=O) groups excluding carboxylic acids is 2. The third-order valence-electron chi connectivity index (χ3n) is 5.53. The van der Waals surface area contributed by atoms with Gasteiger partial charge in [0.25, 0.3) is 5.91 Å². The number of nitrogens with zero attached hydrogens (tertiary/aromatic N) is 3. The summed E-state index contributed by atoms with van der Waals surface area (Å²) in [6.45, 7) is 2.18. The highest BCUT2D eigenvalue weighted by molar-refractivity contribution is 7.98. The lowest BCUT2D eigenvalue weighted by Gasteiger charge is -2.31. The zero-order chi connectivity index (χ0) is 21.3. The van der Waals surface area contributed by atoms with Gasteiger partial charge in [0.05, 0.1) is 11.1 Å². The maximum Gasteiger partial charge on any atom is 0.340 e. The van der Waals surface area contributed by atoms with Crippen LogP contribution in [0.3, 0.4) is 0 Å². The Balaban J connectivity index is 1.56. The lowest BCUT2D eigenvalue weighted by Crippen LogP contribution is -2.42. The lowest BCUT2D eigenvalue weighted by molar-refractivity contribution is -0.126. The van der Waals surface area contributed by atoms with Gasteiger partial charge in [-0.2, -0.15) is 5.26 Å². The third-order valence-corrected chi connectivity index (χ3v) is 6.22. The second-order valence-electron chi connectivity index (χ2n) is 7.63. The number of rotatable bonds is 5. The number of ether oxygens (including phenoxy) is 1. The first-order valence-corrected chi connectivity index (χ1v) is 11.3. The Morgan fingerprint density at radius 2 is 2.10 bits per heavy atom. The molecule has 1 aliphatic carbocycles. The molecule has 4 rings (SSSR count). The molecule has 1 aliphatic heterocycles. The minimum absolute atomic E-state index is 0.192. The van der Waals surface area contributed by atoms with Gasteiger partial charge in [0.2, 0.25) is 0 Å². The van der Waals surface area contributed by atoms with Gasteiger partial charge in [-0.3, -0.25) is 4.79 Å². The van der Waals surface area contributed by atoms with Gasteiger partial charge in [-0.15, -0.1) is 11.8 Å². The van der Waals surface area contributed by atoms with Gasteiger partial charge in [0.15, 0.2) is 6.10 Å². The Hall–Kier alpha value is -2.85. The number of thioether (sulfide) groups is 1. The van der Waals surface area contributed by atoms with Crippen LogP contribution in [-0.4, -0.2) is 35.8 Å². The molecule has 2 aliphatic rings. The molecular weight excluding hydrogens is 398 g/mol. The van der Waals surface area contributed by atoms with Crippen LogP contribution in [-0.2, 0) is 16.0 Å². The van der Waals surface area contributed by atoms with Crippen molar-refractivity contribution in [3.8, 4) is 6.07 Å². The van der Waals surface area contributed by atoms with Crippen molar-refractivity contribution < 1.29 is 14.3 Å². The second-order valence-corrected chi connectivity index (χ2v) is 8.43. The number of aryl methyl sites for hydroxylation is 1. The zero-order valence-electron chi connectivity index (χ0n) is 17.1. The third kappa shape index (κ3) is 3.92. The average molecular weight is 422 g/mol. The fourth-order valence-electron chi connectivity index (χ4n) is 3.80. The van der Waals surface area contributed by atoms with E-state index in [2.05, 4.69) is 11.1 Å². The van der Waals surface area contributed by atoms with Crippen molar-refractivity contribution in [3.05, 3.63) is 52.7 Å². The topological polar surface area (TPSA) is 83.3 Å². The van der Waals surface area contributed by atoms with Crippen molar-refractivity contribution in [1.82, 2.24) is 4.98 Å². The molecule has 30 heavy (non-hydrogen) atoms. The fourth-order valence-corrected chi connectivity index (χ4v) is 4.36. The average Bonchev–Trinajstić information content (AvgIpc) is 3.62. The molecule has 2 aromatic rings. The van der Waals surface area contributed by atoms with Crippen molar-refractivity contribution >= 4 is 29.3 Å². The molecule has 7 heteroatoms. The summed E-state index contributed by atoms with van der Waals surface area (Å²) in [6, 6.07) is 11.5. The number of anilines is 1. The van der Waals surface area contributed by atoms with Crippen molar-refractivity contribution in [2.45, 2.75) is 49.7 Å². The van der Waals surface area contributed by atoms with Gasteiger partial charge < -0.3 is 9.64 Å². The molecule has 1 amide bonds. The first-order chi connectivity index (χ1) is 14.5. The van der Waals surface area contributed by atoms with E-state index in [1.807, 2.05) is 30.5 Å². The summed E-state index contributed by atoms with van der Waals surface area (Å²) in [5.74, 6) is -0.577. The molecule has 0 radical (unpaired) electrons. The molecule has 0 bridgehead atoms. The Labute approximate surface area is 180 Å².